The van der Waals surface area contributed by atoms with Gasteiger partial charge < -0.3 is 0 Å². The third-order valence-electron chi connectivity index (χ3n) is 4.01. The van der Waals surface area contributed by atoms with Crippen molar-refractivity contribution in [2.45, 2.75) is 6.54 Å². The minimum atomic E-state index is 0.827. The molecule has 96 valence electrons. The molecule has 5 heterocycles. The summed E-state index contributed by atoms with van der Waals surface area (Å²) in [6.45, 7) is 0.827. The van der Waals surface area contributed by atoms with Gasteiger partial charge in [-0.15, -0.1) is 0 Å². The molecule has 1 aliphatic rings. The van der Waals surface area contributed by atoms with E-state index in [1.54, 1.807) is 12.4 Å². The van der Waals surface area contributed by atoms with E-state index < -0.39 is 0 Å². The molecule has 0 fully saturated rings. The predicted molar refractivity (Wildman–Crippen MR) is 72.0 cm³/mol. The third kappa shape index (κ3) is 1.01. The fourth-order valence-electron chi connectivity index (χ4n) is 3.17. The van der Waals surface area contributed by atoms with Crippen molar-refractivity contribution in [2.75, 3.05) is 0 Å². The topological polar surface area (TPSA) is 51.9 Å². The predicted octanol–water partition coefficient (Wildman–Crippen LogP) is 0.932. The van der Waals surface area contributed by atoms with Crippen LogP contribution >= 0.6 is 0 Å². The lowest BCUT2D eigenvalue weighted by Crippen LogP contribution is -2.30. The maximum atomic E-state index is 4.71. The second kappa shape index (κ2) is 3.22. The molecule has 0 spiro atoms. The minimum absolute atomic E-state index is 0.827. The Hall–Kier alpha value is -2.76. The molecular weight excluding hydrogens is 252 g/mol. The van der Waals surface area contributed by atoms with E-state index in [0.717, 1.165) is 23.5 Å². The summed E-state index contributed by atoms with van der Waals surface area (Å²) in [5, 5.41) is 0. The summed E-state index contributed by atoms with van der Waals surface area (Å²) in [6.07, 6.45) is 9.31. The van der Waals surface area contributed by atoms with Crippen molar-refractivity contribution in [3.63, 3.8) is 0 Å². The van der Waals surface area contributed by atoms with Gasteiger partial charge in [-0.1, -0.05) is 0 Å². The summed E-state index contributed by atoms with van der Waals surface area (Å²) in [6, 6.07) is 2.07. The van der Waals surface area contributed by atoms with E-state index in [2.05, 4.69) is 36.6 Å². The van der Waals surface area contributed by atoms with Crippen LogP contribution in [0.25, 0.3) is 28.3 Å². The lowest BCUT2D eigenvalue weighted by Gasteiger charge is -1.96. The van der Waals surface area contributed by atoms with Gasteiger partial charge in [-0.25, -0.2) is 13.5 Å². The number of hydrogen-bond donors (Lipinski definition) is 0. The second-order valence-corrected chi connectivity index (χ2v) is 5.07. The van der Waals surface area contributed by atoms with Crippen molar-refractivity contribution in [1.82, 2.24) is 23.9 Å². The van der Waals surface area contributed by atoms with Crippen LogP contribution in [0.1, 0.15) is 5.56 Å². The molecule has 0 atom stereocenters. The number of rotatable bonds is 0. The van der Waals surface area contributed by atoms with Crippen molar-refractivity contribution >= 4 is 16.9 Å². The molecule has 1 aliphatic heterocycles. The van der Waals surface area contributed by atoms with E-state index in [1.165, 1.54) is 17.0 Å². The number of fused-ring (bicyclic) bond motifs is 7. The molecule has 6 heteroatoms. The van der Waals surface area contributed by atoms with Crippen LogP contribution in [0.5, 0.6) is 0 Å². The van der Waals surface area contributed by atoms with Gasteiger partial charge in [-0.3, -0.25) is 9.97 Å². The van der Waals surface area contributed by atoms with Gasteiger partial charge in [0.2, 0.25) is 11.5 Å². The minimum Gasteiger partial charge on any atom is -0.264 e. The fourth-order valence-corrected chi connectivity index (χ4v) is 3.17. The number of imidazole rings is 2. The Kier molecular flexibility index (Phi) is 1.62. The quantitative estimate of drug-likeness (QED) is 0.391. The fraction of sp³-hybridized carbons (Fsp3) is 0.143. The standard InChI is InChI=1S/C14H11N6/c1-18-13-10-2-3-15-6-9(10)8-20(13)12-14(18)19-5-4-16-7-11(19)17-12/h2-7H,8H2,1H3/q+1. The average Bonchev–Trinajstić information content (AvgIpc) is 3.10. The van der Waals surface area contributed by atoms with Gasteiger partial charge in [0.15, 0.2) is 0 Å². The molecule has 0 N–H and O–H groups in total. The van der Waals surface area contributed by atoms with Crippen LogP contribution in [-0.4, -0.2) is 23.9 Å². The van der Waals surface area contributed by atoms with E-state index in [-0.39, 0.29) is 0 Å². The molecule has 0 aliphatic carbocycles. The summed E-state index contributed by atoms with van der Waals surface area (Å²) in [7, 11) is 2.08. The highest BCUT2D eigenvalue weighted by molar-refractivity contribution is 5.77. The molecule has 4 aromatic rings. The molecule has 0 bridgehead atoms. The van der Waals surface area contributed by atoms with E-state index in [0.29, 0.717) is 0 Å². The molecular formula is C14H11N6+. The molecule has 20 heavy (non-hydrogen) atoms. The van der Waals surface area contributed by atoms with Crippen LogP contribution in [0.3, 0.4) is 0 Å². The number of nitrogens with zero attached hydrogens (tertiary/aromatic N) is 6. The highest BCUT2D eigenvalue weighted by Crippen LogP contribution is 2.32. The zero-order valence-corrected chi connectivity index (χ0v) is 10.9. The third-order valence-corrected chi connectivity index (χ3v) is 4.01. The molecule has 0 radical (unpaired) electrons. The Morgan fingerprint density at radius 3 is 3.05 bits per heavy atom. The van der Waals surface area contributed by atoms with Gasteiger partial charge in [-0.2, -0.15) is 4.98 Å². The molecule has 0 amide bonds. The highest BCUT2D eigenvalue weighted by Gasteiger charge is 2.33. The highest BCUT2D eigenvalue weighted by atomic mass is 15.3. The number of aromatic nitrogens is 6. The lowest BCUT2D eigenvalue weighted by molar-refractivity contribution is -0.636. The summed E-state index contributed by atoms with van der Waals surface area (Å²) in [5.41, 5.74) is 5.45. The van der Waals surface area contributed by atoms with Crippen LogP contribution in [0, 0.1) is 0 Å². The molecule has 0 aromatic carbocycles. The Morgan fingerprint density at radius 1 is 1.20 bits per heavy atom. The Morgan fingerprint density at radius 2 is 2.10 bits per heavy atom. The SMILES string of the molecule is C[n+]1c2n(c3nc4cnccn4c31)Cc1cnccc1-2. The van der Waals surface area contributed by atoms with Crippen LogP contribution in [0.4, 0.5) is 0 Å². The Labute approximate surface area is 114 Å². The Balaban J connectivity index is 1.98. The van der Waals surface area contributed by atoms with Crippen LogP contribution in [0.2, 0.25) is 0 Å². The molecule has 0 unspecified atom stereocenters. The smallest absolute Gasteiger partial charge is 0.264 e. The van der Waals surface area contributed by atoms with Gasteiger partial charge in [0, 0.05) is 18.0 Å². The first-order valence-corrected chi connectivity index (χ1v) is 6.48. The second-order valence-electron chi connectivity index (χ2n) is 5.07. The van der Waals surface area contributed by atoms with Crippen LogP contribution in [-0.2, 0) is 13.6 Å². The molecule has 5 rings (SSSR count). The van der Waals surface area contributed by atoms with Crippen molar-refractivity contribution in [3.8, 4) is 11.4 Å². The first-order chi connectivity index (χ1) is 9.84. The van der Waals surface area contributed by atoms with Gasteiger partial charge in [0.1, 0.15) is 0 Å². The number of aryl methyl sites for hydroxylation is 1. The summed E-state index contributed by atoms with van der Waals surface area (Å²) in [4.78, 5) is 13.1. The Bertz CT molecular complexity index is 994. The average molecular weight is 263 g/mol. The first kappa shape index (κ1) is 10.1. The molecule has 6 nitrogen and oxygen atoms in total. The maximum absolute atomic E-state index is 4.71. The molecule has 0 saturated heterocycles. The van der Waals surface area contributed by atoms with E-state index in [9.17, 15) is 0 Å². The summed E-state index contributed by atoms with van der Waals surface area (Å²) in [5.74, 6) is 1.19. The normalized spacial score (nSPS) is 13.1. The summed E-state index contributed by atoms with van der Waals surface area (Å²) >= 11 is 0. The monoisotopic (exact) mass is 263 g/mol. The number of hydrogen-bond acceptors (Lipinski definition) is 3. The van der Waals surface area contributed by atoms with Crippen molar-refractivity contribution in [1.29, 1.82) is 0 Å². The molecule has 4 aromatic heterocycles. The van der Waals surface area contributed by atoms with E-state index >= 15 is 0 Å². The van der Waals surface area contributed by atoms with Gasteiger partial charge in [0.05, 0.1) is 37.7 Å². The van der Waals surface area contributed by atoms with Crippen LogP contribution < -0.4 is 4.57 Å². The van der Waals surface area contributed by atoms with E-state index in [1.807, 2.05) is 18.6 Å². The largest absolute Gasteiger partial charge is 0.295 e. The van der Waals surface area contributed by atoms with Gasteiger partial charge in [0.25, 0.3) is 11.3 Å². The van der Waals surface area contributed by atoms with Crippen molar-refractivity contribution in [3.05, 3.63) is 42.6 Å². The van der Waals surface area contributed by atoms with Crippen LogP contribution in [0.15, 0.2) is 37.1 Å². The van der Waals surface area contributed by atoms with Gasteiger partial charge in [-0.05, 0) is 6.07 Å². The molecule has 0 saturated carbocycles. The van der Waals surface area contributed by atoms with Crippen molar-refractivity contribution < 1.29 is 4.57 Å². The van der Waals surface area contributed by atoms with E-state index in [4.69, 9.17) is 4.98 Å². The zero-order valence-electron chi connectivity index (χ0n) is 10.9. The number of pyridine rings is 1. The lowest BCUT2D eigenvalue weighted by atomic mass is 10.2. The zero-order chi connectivity index (χ0) is 13.3. The van der Waals surface area contributed by atoms with Gasteiger partial charge >= 0.3 is 0 Å². The first-order valence-electron chi connectivity index (χ1n) is 6.48. The maximum Gasteiger partial charge on any atom is 0.295 e. The summed E-state index contributed by atoms with van der Waals surface area (Å²) < 4.78 is 6.52. The van der Waals surface area contributed by atoms with Crippen molar-refractivity contribution in [2.24, 2.45) is 7.05 Å².